The number of hydrogen-bond acceptors (Lipinski definition) is 6. The van der Waals surface area contributed by atoms with Gasteiger partial charge in [-0.05, 0) is 44.2 Å². The number of anilines is 2. The molecule has 29 heavy (non-hydrogen) atoms. The lowest BCUT2D eigenvalue weighted by Crippen LogP contribution is -2.08. The molecule has 2 aromatic carbocycles. The van der Waals surface area contributed by atoms with Crippen molar-refractivity contribution in [1.82, 2.24) is 19.7 Å². The van der Waals surface area contributed by atoms with E-state index < -0.39 is 0 Å². The van der Waals surface area contributed by atoms with Crippen LogP contribution < -0.4 is 14.8 Å². The summed E-state index contributed by atoms with van der Waals surface area (Å²) in [6, 6.07) is 11.0. The molecule has 0 unspecified atom stereocenters. The van der Waals surface area contributed by atoms with Crippen LogP contribution in [-0.4, -0.2) is 26.5 Å². The summed E-state index contributed by atoms with van der Waals surface area (Å²) in [5.74, 6) is 2.46. The summed E-state index contributed by atoms with van der Waals surface area (Å²) < 4.78 is 12.6. The summed E-state index contributed by atoms with van der Waals surface area (Å²) in [7, 11) is 0. The summed E-state index contributed by atoms with van der Waals surface area (Å²) in [5, 5.41) is 8.71. The van der Waals surface area contributed by atoms with Gasteiger partial charge in [0, 0.05) is 17.4 Å². The molecule has 0 radical (unpaired) electrons. The number of nitrogens with one attached hydrogen (secondary N) is 1. The number of aryl methyl sites for hydroxylation is 2. The van der Waals surface area contributed by atoms with Crippen molar-refractivity contribution in [3.63, 3.8) is 0 Å². The molecule has 0 spiro atoms. The van der Waals surface area contributed by atoms with Gasteiger partial charge >= 0.3 is 0 Å². The second kappa shape index (κ2) is 6.79. The van der Waals surface area contributed by atoms with E-state index in [1.165, 1.54) is 0 Å². The van der Waals surface area contributed by atoms with Gasteiger partial charge in [-0.25, -0.2) is 14.6 Å². The highest BCUT2D eigenvalue weighted by molar-refractivity contribution is 6.42. The van der Waals surface area contributed by atoms with Gasteiger partial charge in [-0.3, -0.25) is 0 Å². The molecule has 0 saturated heterocycles. The molecule has 4 aromatic rings. The normalized spacial score (nSPS) is 12.6. The third-order valence-electron chi connectivity index (χ3n) is 4.53. The maximum absolute atomic E-state index is 6.18. The van der Waals surface area contributed by atoms with E-state index in [-0.39, 0.29) is 6.79 Å². The Balaban J connectivity index is 1.68. The van der Waals surface area contributed by atoms with Gasteiger partial charge in [-0.1, -0.05) is 23.2 Å². The van der Waals surface area contributed by atoms with E-state index in [9.17, 15) is 0 Å². The molecule has 7 nitrogen and oxygen atoms in total. The highest BCUT2D eigenvalue weighted by Crippen LogP contribution is 2.36. The first-order chi connectivity index (χ1) is 14.0. The Morgan fingerprint density at radius 3 is 2.38 bits per heavy atom. The predicted molar refractivity (Wildman–Crippen MR) is 112 cm³/mol. The third kappa shape index (κ3) is 3.22. The molecule has 1 N–H and O–H groups in total. The molecule has 0 saturated carbocycles. The average Bonchev–Trinajstić information content (AvgIpc) is 3.28. The van der Waals surface area contributed by atoms with Gasteiger partial charge in [-0.2, -0.15) is 5.10 Å². The van der Waals surface area contributed by atoms with Crippen LogP contribution >= 0.6 is 23.2 Å². The molecule has 0 amide bonds. The van der Waals surface area contributed by atoms with Gasteiger partial charge in [0.2, 0.25) is 6.79 Å². The first kappa shape index (κ1) is 18.0. The van der Waals surface area contributed by atoms with Crippen LogP contribution in [0, 0.1) is 13.8 Å². The number of fused-ring (bicyclic) bond motifs is 2. The number of hydrogen-bond donors (Lipinski definition) is 1. The van der Waals surface area contributed by atoms with Crippen LogP contribution in [-0.2, 0) is 0 Å². The molecule has 9 heteroatoms. The summed E-state index contributed by atoms with van der Waals surface area (Å²) in [4.78, 5) is 9.51. The third-order valence-corrected chi connectivity index (χ3v) is 5.26. The number of halogens is 2. The topological polar surface area (TPSA) is 74.1 Å². The van der Waals surface area contributed by atoms with E-state index in [4.69, 9.17) is 42.6 Å². The fraction of sp³-hybridized carbons (Fsp3) is 0.150. The standard InChI is InChI=1S/C20H15Cl2N5O2/c1-10-5-11(2)27(26-10)20-19(23-12-3-4-17-18(6-12)29-9-28-17)24-15-7-13(21)14(22)8-16(15)25-20/h3-8H,9H2,1-2H3,(H,23,24). The van der Waals surface area contributed by atoms with Gasteiger partial charge in [0.05, 0.1) is 26.8 Å². The zero-order valence-corrected chi connectivity index (χ0v) is 17.0. The second-order valence-electron chi connectivity index (χ2n) is 6.68. The van der Waals surface area contributed by atoms with Gasteiger partial charge in [-0.15, -0.1) is 0 Å². The van der Waals surface area contributed by atoms with E-state index in [2.05, 4.69) is 10.4 Å². The Morgan fingerprint density at radius 2 is 1.66 bits per heavy atom. The molecular formula is C20H15Cl2N5O2. The van der Waals surface area contributed by atoms with Crippen molar-refractivity contribution < 1.29 is 9.47 Å². The van der Waals surface area contributed by atoms with Crippen molar-refractivity contribution in [1.29, 1.82) is 0 Å². The van der Waals surface area contributed by atoms with E-state index in [1.54, 1.807) is 16.8 Å². The molecule has 2 aromatic heterocycles. The van der Waals surface area contributed by atoms with Crippen molar-refractivity contribution in [2.45, 2.75) is 13.8 Å². The van der Waals surface area contributed by atoms with Crippen LogP contribution in [0.2, 0.25) is 10.0 Å². The highest BCUT2D eigenvalue weighted by atomic mass is 35.5. The minimum absolute atomic E-state index is 0.213. The van der Waals surface area contributed by atoms with Crippen molar-refractivity contribution in [3.05, 3.63) is 57.8 Å². The molecular weight excluding hydrogens is 413 g/mol. The SMILES string of the molecule is Cc1cc(C)n(-c2nc3cc(Cl)c(Cl)cc3nc2Nc2ccc3c(c2)OCO3)n1. The lowest BCUT2D eigenvalue weighted by molar-refractivity contribution is 0.174. The number of aromatic nitrogens is 4. The van der Waals surface area contributed by atoms with Crippen molar-refractivity contribution in [2.24, 2.45) is 0 Å². The largest absolute Gasteiger partial charge is 0.454 e. The Morgan fingerprint density at radius 1 is 0.931 bits per heavy atom. The summed E-state index contributed by atoms with van der Waals surface area (Å²) in [6.45, 7) is 4.11. The fourth-order valence-corrected chi connectivity index (χ4v) is 3.54. The highest BCUT2D eigenvalue weighted by Gasteiger charge is 2.18. The Bertz CT molecular complexity index is 1270. The molecule has 1 aliphatic rings. The minimum atomic E-state index is 0.213. The van der Waals surface area contributed by atoms with Crippen LogP contribution in [0.25, 0.3) is 16.9 Å². The fourth-order valence-electron chi connectivity index (χ4n) is 3.23. The summed E-state index contributed by atoms with van der Waals surface area (Å²) in [6.07, 6.45) is 0. The Labute approximate surface area is 176 Å². The molecule has 0 bridgehead atoms. The van der Waals surface area contributed by atoms with Crippen molar-refractivity contribution >= 4 is 45.7 Å². The molecule has 0 aliphatic carbocycles. The van der Waals surface area contributed by atoms with Crippen LogP contribution in [0.1, 0.15) is 11.4 Å². The zero-order valence-electron chi connectivity index (χ0n) is 15.5. The first-order valence-electron chi connectivity index (χ1n) is 8.85. The Hall–Kier alpha value is -3.03. The smallest absolute Gasteiger partial charge is 0.231 e. The summed E-state index contributed by atoms with van der Waals surface area (Å²) >= 11 is 12.4. The number of benzene rings is 2. The quantitative estimate of drug-likeness (QED) is 0.483. The van der Waals surface area contributed by atoms with Crippen LogP contribution in [0.4, 0.5) is 11.5 Å². The van der Waals surface area contributed by atoms with Crippen molar-refractivity contribution in [3.8, 4) is 17.3 Å². The van der Waals surface area contributed by atoms with Gasteiger partial charge in [0.15, 0.2) is 23.1 Å². The minimum Gasteiger partial charge on any atom is -0.454 e. The van der Waals surface area contributed by atoms with Crippen LogP contribution in [0.15, 0.2) is 36.4 Å². The predicted octanol–water partition coefficient (Wildman–Crippen LogP) is 5.21. The lowest BCUT2D eigenvalue weighted by atomic mass is 10.2. The Kier molecular flexibility index (Phi) is 4.22. The zero-order chi connectivity index (χ0) is 20.1. The van der Waals surface area contributed by atoms with Gasteiger partial charge in [0.1, 0.15) is 0 Å². The molecule has 5 rings (SSSR count). The molecule has 0 fully saturated rings. The van der Waals surface area contributed by atoms with Crippen LogP contribution in [0.3, 0.4) is 0 Å². The van der Waals surface area contributed by atoms with E-state index in [1.807, 2.05) is 38.1 Å². The molecule has 3 heterocycles. The summed E-state index contributed by atoms with van der Waals surface area (Å²) in [5.41, 5.74) is 3.84. The average molecular weight is 428 g/mol. The molecule has 146 valence electrons. The molecule has 1 aliphatic heterocycles. The number of nitrogens with zero attached hydrogens (tertiary/aromatic N) is 4. The van der Waals surface area contributed by atoms with Gasteiger partial charge in [0.25, 0.3) is 0 Å². The number of ether oxygens (including phenoxy) is 2. The van der Waals surface area contributed by atoms with E-state index >= 15 is 0 Å². The second-order valence-corrected chi connectivity index (χ2v) is 7.50. The molecule has 0 atom stereocenters. The van der Waals surface area contributed by atoms with E-state index in [0.29, 0.717) is 44.2 Å². The number of rotatable bonds is 3. The lowest BCUT2D eigenvalue weighted by Gasteiger charge is -2.14. The maximum atomic E-state index is 6.18. The maximum Gasteiger partial charge on any atom is 0.231 e. The van der Waals surface area contributed by atoms with Gasteiger partial charge < -0.3 is 14.8 Å². The first-order valence-corrected chi connectivity index (χ1v) is 9.60. The van der Waals surface area contributed by atoms with Crippen LogP contribution in [0.5, 0.6) is 11.5 Å². The van der Waals surface area contributed by atoms with E-state index in [0.717, 1.165) is 17.1 Å². The van der Waals surface area contributed by atoms with Crippen molar-refractivity contribution in [2.75, 3.05) is 12.1 Å². The monoisotopic (exact) mass is 427 g/mol.